The van der Waals surface area contributed by atoms with Crippen molar-refractivity contribution in [2.45, 2.75) is 52.4 Å². The molecule has 8 rings (SSSR count). The molecule has 4 aromatic heterocycles. The molecule has 7 heteroatoms. The zero-order valence-corrected chi connectivity index (χ0v) is 31.2. The largest absolute Gasteiger partial charge is 0.510 e. The average Bonchev–Trinajstić information content (AvgIpc) is 3.64. The number of pyridine rings is 2. The van der Waals surface area contributed by atoms with Crippen molar-refractivity contribution in [2.75, 3.05) is 0 Å². The second kappa shape index (κ2) is 12.7. The Labute approximate surface area is 307 Å². The van der Waals surface area contributed by atoms with E-state index in [1.54, 1.807) is 0 Å². The van der Waals surface area contributed by atoms with E-state index in [1.165, 1.54) is 5.56 Å². The van der Waals surface area contributed by atoms with E-state index in [-0.39, 0.29) is 31.9 Å². The van der Waals surface area contributed by atoms with Crippen molar-refractivity contribution in [2.24, 2.45) is 0 Å². The summed E-state index contributed by atoms with van der Waals surface area (Å²) in [4.78, 5) is 9.61. The summed E-state index contributed by atoms with van der Waals surface area (Å²) in [6.07, 6.45) is 7.30. The fourth-order valence-corrected chi connectivity index (χ4v) is 6.48. The summed E-state index contributed by atoms with van der Waals surface area (Å²) in [7, 11) is 0. The van der Waals surface area contributed by atoms with Gasteiger partial charge in [0.25, 0.3) is 0 Å². The van der Waals surface area contributed by atoms with Gasteiger partial charge in [-0.1, -0.05) is 101 Å². The van der Waals surface area contributed by atoms with Gasteiger partial charge in [0.05, 0.1) is 6.20 Å². The van der Waals surface area contributed by atoms with Gasteiger partial charge in [0.2, 0.25) is 5.82 Å². The van der Waals surface area contributed by atoms with E-state index in [9.17, 15) is 0 Å². The van der Waals surface area contributed by atoms with E-state index < -0.39 is 0 Å². The predicted octanol–water partition coefficient (Wildman–Crippen LogP) is 9.58. The monoisotopic (exact) mass is 834 g/mol. The number of benzene rings is 4. The van der Waals surface area contributed by atoms with E-state index >= 15 is 0 Å². The van der Waals surface area contributed by atoms with E-state index in [0.717, 1.165) is 55.7 Å². The zero-order valence-electron chi connectivity index (χ0n) is 28.9. The van der Waals surface area contributed by atoms with Gasteiger partial charge in [0.1, 0.15) is 5.82 Å². The number of imidazole rings is 1. The number of rotatable bonds is 5. The maximum atomic E-state index is 6.49. The normalized spacial score (nSPS) is 12.0. The minimum atomic E-state index is -0.0950. The van der Waals surface area contributed by atoms with Crippen molar-refractivity contribution >= 4 is 32.8 Å². The molecule has 0 atom stereocenters. The molecule has 8 aromatic rings. The Balaban J connectivity index is 0.00000392. The molecule has 50 heavy (non-hydrogen) atoms. The first kappa shape index (κ1) is 33.4. The van der Waals surface area contributed by atoms with Crippen LogP contribution in [0.3, 0.4) is 0 Å². The number of hydrogen-bond donors (Lipinski definition) is 0. The van der Waals surface area contributed by atoms with Gasteiger partial charge >= 0.3 is 0 Å². The fraction of sp³-hybridized carbons (Fsp3) is 0.186. The van der Waals surface area contributed by atoms with E-state index in [1.807, 2.05) is 64.0 Å². The Morgan fingerprint density at radius 1 is 0.660 bits per heavy atom. The van der Waals surface area contributed by atoms with Gasteiger partial charge in [0, 0.05) is 55.3 Å². The second-order valence-electron chi connectivity index (χ2n) is 14.5. The van der Waals surface area contributed by atoms with Crippen LogP contribution >= 0.6 is 0 Å². The summed E-state index contributed by atoms with van der Waals surface area (Å²) in [5.41, 5.74) is 7.03. The predicted molar refractivity (Wildman–Crippen MR) is 195 cm³/mol. The number of aromatic nitrogens is 5. The van der Waals surface area contributed by atoms with Gasteiger partial charge in [-0.15, -0.1) is 29.7 Å². The Hall–Kier alpha value is -5.06. The summed E-state index contributed by atoms with van der Waals surface area (Å²) >= 11 is 0. The standard InChI is InChI=1S/C43H37N5O.Pt/c1-42(2,3)29-22-24-44-40(25-29)48-36-17-8-7-15-33(36)34-21-20-32(27-39(34)48)49-31-14-11-13-30(26-31)46-28-47(38-19-10-9-18-37(38)46)41-35(43(4,5)6)16-12-23-45-41;/h7-25H,1-6H3;/q-2;. The summed E-state index contributed by atoms with van der Waals surface area (Å²) in [5.74, 6) is 2.89. The molecule has 0 saturated carbocycles. The topological polar surface area (TPSA) is 48.8 Å². The van der Waals surface area contributed by atoms with Gasteiger partial charge in [0.15, 0.2) is 6.33 Å². The first-order valence-corrected chi connectivity index (χ1v) is 16.6. The van der Waals surface area contributed by atoms with E-state index in [4.69, 9.17) is 14.7 Å². The Bertz CT molecular complexity index is 2510. The van der Waals surface area contributed by atoms with Gasteiger partial charge in [-0.05, 0) is 51.6 Å². The van der Waals surface area contributed by atoms with Crippen LogP contribution in [0.1, 0.15) is 52.7 Å². The van der Waals surface area contributed by atoms with Crippen molar-refractivity contribution in [1.29, 1.82) is 0 Å². The Morgan fingerprint density at radius 3 is 2.22 bits per heavy atom. The van der Waals surface area contributed by atoms with Crippen LogP contribution < -0.4 is 9.30 Å². The number of para-hydroxylation sites is 3. The van der Waals surface area contributed by atoms with Crippen LogP contribution in [0.15, 0.2) is 116 Å². The van der Waals surface area contributed by atoms with Crippen LogP contribution in [-0.2, 0) is 31.9 Å². The molecule has 0 spiro atoms. The molecule has 0 aliphatic carbocycles. The molecule has 4 heterocycles. The van der Waals surface area contributed by atoms with Gasteiger partial charge in [-0.2, -0.15) is 23.2 Å². The fourth-order valence-electron chi connectivity index (χ4n) is 6.48. The SMILES string of the molecule is CC(C)(C)c1ccnc(-n2c3[c-]c(Oc4[c-]c(-n5[c-][n+](-c6ncccc6C(C)(C)C)c6ccccc65)ccc4)ccc3c3ccccc32)c1.[Pt]. The van der Waals surface area contributed by atoms with E-state index in [2.05, 4.69) is 125 Å². The van der Waals surface area contributed by atoms with Gasteiger partial charge in [-0.25, -0.2) is 4.98 Å². The molecule has 0 unspecified atom stereocenters. The molecule has 4 aromatic carbocycles. The van der Waals surface area contributed by atoms with Crippen molar-refractivity contribution < 1.29 is 30.4 Å². The third-order valence-electron chi connectivity index (χ3n) is 8.98. The molecule has 0 fully saturated rings. The molecule has 0 aliphatic heterocycles. The first-order valence-electron chi connectivity index (χ1n) is 16.6. The minimum absolute atomic E-state index is 0. The molecule has 0 aliphatic rings. The van der Waals surface area contributed by atoms with Crippen LogP contribution in [0.25, 0.3) is 50.2 Å². The van der Waals surface area contributed by atoms with Gasteiger partial charge < -0.3 is 13.9 Å². The smallest absolute Gasteiger partial charge is 0.206 e. The number of ether oxygens (including phenoxy) is 1. The summed E-state index contributed by atoms with van der Waals surface area (Å²) in [5, 5.41) is 2.23. The van der Waals surface area contributed by atoms with Crippen LogP contribution in [0.4, 0.5) is 0 Å². The average molecular weight is 835 g/mol. The van der Waals surface area contributed by atoms with Crippen LogP contribution in [-0.4, -0.2) is 19.1 Å². The van der Waals surface area contributed by atoms with Crippen molar-refractivity contribution in [1.82, 2.24) is 19.1 Å². The summed E-state index contributed by atoms with van der Waals surface area (Å²) in [6, 6.07) is 42.1. The third-order valence-corrected chi connectivity index (χ3v) is 8.98. The molecule has 0 N–H and O–H groups in total. The zero-order chi connectivity index (χ0) is 33.9. The molecule has 0 saturated heterocycles. The molecular weight excluding hydrogens is 798 g/mol. The van der Waals surface area contributed by atoms with Gasteiger partial charge in [-0.3, -0.25) is 4.57 Å². The summed E-state index contributed by atoms with van der Waals surface area (Å²) in [6.45, 7) is 13.3. The Kier molecular flexibility index (Phi) is 8.48. The number of fused-ring (bicyclic) bond motifs is 4. The Morgan fingerprint density at radius 2 is 1.42 bits per heavy atom. The molecule has 0 amide bonds. The number of hydrogen-bond acceptors (Lipinski definition) is 3. The second-order valence-corrected chi connectivity index (χ2v) is 14.5. The van der Waals surface area contributed by atoms with Crippen molar-refractivity contribution in [3.8, 4) is 28.8 Å². The maximum Gasteiger partial charge on any atom is 0.206 e. The molecular formula is C43H37N5OPt-2. The number of nitrogens with zero attached hydrogens (tertiary/aromatic N) is 5. The minimum Gasteiger partial charge on any atom is -0.510 e. The van der Waals surface area contributed by atoms with Crippen LogP contribution in [0, 0.1) is 18.5 Å². The van der Waals surface area contributed by atoms with Crippen LogP contribution in [0.5, 0.6) is 11.5 Å². The summed E-state index contributed by atoms with van der Waals surface area (Å²) < 4.78 is 12.7. The first-order chi connectivity index (χ1) is 23.6. The van der Waals surface area contributed by atoms with Crippen molar-refractivity contribution in [3.05, 3.63) is 145 Å². The molecule has 6 nitrogen and oxygen atoms in total. The van der Waals surface area contributed by atoms with Crippen molar-refractivity contribution in [3.63, 3.8) is 0 Å². The molecule has 0 bridgehead atoms. The third kappa shape index (κ3) is 5.92. The molecule has 252 valence electrons. The van der Waals surface area contributed by atoms with E-state index in [0.29, 0.717) is 11.5 Å². The maximum absolute atomic E-state index is 6.49. The quantitative estimate of drug-likeness (QED) is 0.128. The molecule has 0 radical (unpaired) electrons. The van der Waals surface area contributed by atoms with Crippen LogP contribution in [0.2, 0.25) is 0 Å².